The minimum atomic E-state index is -1.08. The predicted molar refractivity (Wildman–Crippen MR) is 92.8 cm³/mol. The Morgan fingerprint density at radius 3 is 3.12 bits per heavy atom. The van der Waals surface area contributed by atoms with Crippen molar-refractivity contribution in [1.82, 2.24) is 4.90 Å². The van der Waals surface area contributed by atoms with Gasteiger partial charge in [-0.15, -0.1) is 0 Å². The molecule has 8 heteroatoms. The van der Waals surface area contributed by atoms with E-state index in [0.717, 1.165) is 10.0 Å². The molecule has 3 aliphatic rings. The minimum absolute atomic E-state index is 0.0482. The zero-order chi connectivity index (χ0) is 17.1. The van der Waals surface area contributed by atoms with Gasteiger partial charge in [-0.25, -0.2) is 4.99 Å². The highest BCUT2D eigenvalue weighted by atomic mass is 79.9. The first-order chi connectivity index (χ1) is 11.4. The third-order valence-electron chi connectivity index (χ3n) is 4.44. The number of esters is 1. The molecule has 0 saturated carbocycles. The van der Waals surface area contributed by atoms with E-state index in [1.54, 1.807) is 18.7 Å². The molecule has 1 aromatic rings. The standard InChI is InChI=1S/C16H15BrN2O4S/c1-3-22-14(21)12-13-9-6-8(17)4-5-10(9)23-16(12,2)18-15-19(13)11(20)7-24-15/h4-6,12-13H,3,7H2,1-2H3/t12-,13-,16+/m1/s1. The van der Waals surface area contributed by atoms with E-state index in [2.05, 4.69) is 20.9 Å². The maximum absolute atomic E-state index is 12.7. The van der Waals surface area contributed by atoms with Crippen molar-refractivity contribution in [2.45, 2.75) is 25.6 Å². The van der Waals surface area contributed by atoms with Gasteiger partial charge < -0.3 is 9.47 Å². The molecule has 4 rings (SSSR count). The van der Waals surface area contributed by atoms with Gasteiger partial charge in [-0.2, -0.15) is 0 Å². The van der Waals surface area contributed by atoms with Crippen LogP contribution in [0.1, 0.15) is 25.5 Å². The molecule has 3 atom stereocenters. The Morgan fingerprint density at radius 2 is 2.38 bits per heavy atom. The van der Waals surface area contributed by atoms with E-state index < -0.39 is 23.7 Å². The van der Waals surface area contributed by atoms with Crippen molar-refractivity contribution >= 4 is 44.7 Å². The van der Waals surface area contributed by atoms with Gasteiger partial charge in [-0.05, 0) is 32.0 Å². The SMILES string of the molecule is CCOC(=O)[C@H]1[C@H]2c3cc(Br)ccc3O[C@]1(C)N=C1SCC(=O)N12. The highest BCUT2D eigenvalue weighted by Crippen LogP contribution is 2.53. The molecule has 1 aromatic carbocycles. The van der Waals surface area contributed by atoms with Gasteiger partial charge in [-0.1, -0.05) is 27.7 Å². The Kier molecular flexibility index (Phi) is 3.65. The first-order valence-corrected chi connectivity index (χ1v) is 9.42. The number of ether oxygens (including phenoxy) is 2. The summed E-state index contributed by atoms with van der Waals surface area (Å²) in [7, 11) is 0. The van der Waals surface area contributed by atoms with Gasteiger partial charge in [0, 0.05) is 10.0 Å². The molecule has 24 heavy (non-hydrogen) atoms. The van der Waals surface area contributed by atoms with Crippen LogP contribution in [0.4, 0.5) is 0 Å². The Morgan fingerprint density at radius 1 is 1.58 bits per heavy atom. The summed E-state index contributed by atoms with van der Waals surface area (Å²) in [5.41, 5.74) is -0.288. The number of amidine groups is 1. The van der Waals surface area contributed by atoms with E-state index in [4.69, 9.17) is 9.47 Å². The van der Waals surface area contributed by atoms with Gasteiger partial charge in [0.15, 0.2) is 5.17 Å². The lowest BCUT2D eigenvalue weighted by Crippen LogP contribution is -2.59. The lowest BCUT2D eigenvalue weighted by molar-refractivity contribution is -0.163. The summed E-state index contributed by atoms with van der Waals surface area (Å²) in [5, 5.41) is 0.610. The van der Waals surface area contributed by atoms with Crippen molar-refractivity contribution in [3.05, 3.63) is 28.2 Å². The van der Waals surface area contributed by atoms with Crippen LogP contribution >= 0.6 is 27.7 Å². The van der Waals surface area contributed by atoms with Gasteiger partial charge in [-0.3, -0.25) is 14.5 Å². The van der Waals surface area contributed by atoms with Crippen molar-refractivity contribution in [3.8, 4) is 5.75 Å². The number of halogens is 1. The average molecular weight is 411 g/mol. The number of rotatable bonds is 2. The summed E-state index contributed by atoms with van der Waals surface area (Å²) >= 11 is 4.84. The van der Waals surface area contributed by atoms with Crippen molar-refractivity contribution < 1.29 is 19.1 Å². The lowest BCUT2D eigenvalue weighted by Gasteiger charge is -2.49. The number of thioether (sulfide) groups is 1. The Bertz CT molecular complexity index is 783. The first kappa shape index (κ1) is 16.0. The Balaban J connectivity index is 1.93. The normalized spacial score (nSPS) is 30.2. The van der Waals surface area contributed by atoms with E-state index >= 15 is 0 Å². The quantitative estimate of drug-likeness (QED) is 0.701. The number of carbonyl (C=O) groups excluding carboxylic acids is 2. The molecule has 0 unspecified atom stereocenters. The van der Waals surface area contributed by atoms with E-state index in [1.807, 2.05) is 18.2 Å². The number of aliphatic imine (C=N–C) groups is 1. The smallest absolute Gasteiger partial charge is 0.317 e. The van der Waals surface area contributed by atoms with Crippen molar-refractivity contribution in [3.63, 3.8) is 0 Å². The van der Waals surface area contributed by atoms with E-state index in [1.165, 1.54) is 11.8 Å². The van der Waals surface area contributed by atoms with E-state index in [0.29, 0.717) is 16.7 Å². The second-order valence-corrected chi connectivity index (χ2v) is 7.82. The Hall–Kier alpha value is -1.54. The molecule has 2 bridgehead atoms. The van der Waals surface area contributed by atoms with E-state index in [9.17, 15) is 9.59 Å². The number of fused-ring (bicyclic) bond motifs is 6. The fourth-order valence-electron chi connectivity index (χ4n) is 3.48. The summed E-state index contributed by atoms with van der Waals surface area (Å²) in [5.74, 6) is -0.190. The monoisotopic (exact) mass is 410 g/mol. The Labute approximate surface area is 151 Å². The zero-order valence-electron chi connectivity index (χ0n) is 13.1. The molecule has 3 heterocycles. The third-order valence-corrected chi connectivity index (χ3v) is 5.87. The molecule has 3 aliphatic heterocycles. The van der Waals surface area contributed by atoms with Crippen LogP contribution in [0.5, 0.6) is 5.75 Å². The van der Waals surface area contributed by atoms with Crippen LogP contribution < -0.4 is 4.74 Å². The van der Waals surface area contributed by atoms with E-state index in [-0.39, 0.29) is 12.5 Å². The maximum Gasteiger partial charge on any atom is 0.317 e. The minimum Gasteiger partial charge on any atom is -0.466 e. The predicted octanol–water partition coefficient (Wildman–Crippen LogP) is 2.72. The number of benzene rings is 1. The van der Waals surface area contributed by atoms with Gasteiger partial charge in [0.1, 0.15) is 11.7 Å². The number of hydrogen-bond acceptors (Lipinski definition) is 6. The number of amides is 1. The van der Waals surface area contributed by atoms with Crippen LogP contribution in [-0.4, -0.2) is 40.0 Å². The topological polar surface area (TPSA) is 68.2 Å². The van der Waals surface area contributed by atoms with Crippen molar-refractivity contribution in [1.29, 1.82) is 0 Å². The fourth-order valence-corrected chi connectivity index (χ4v) is 4.86. The van der Waals surface area contributed by atoms with Crippen molar-refractivity contribution in [2.24, 2.45) is 10.9 Å². The molecule has 1 fully saturated rings. The molecule has 1 saturated heterocycles. The molecular formula is C16H15BrN2O4S. The van der Waals surface area contributed by atoms with Crippen LogP contribution in [0, 0.1) is 5.92 Å². The number of nitrogens with zero attached hydrogens (tertiary/aromatic N) is 2. The highest BCUT2D eigenvalue weighted by Gasteiger charge is 2.60. The molecule has 0 radical (unpaired) electrons. The van der Waals surface area contributed by atoms with Gasteiger partial charge in [0.25, 0.3) is 0 Å². The molecular weight excluding hydrogens is 396 g/mol. The second-order valence-electron chi connectivity index (χ2n) is 5.96. The zero-order valence-corrected chi connectivity index (χ0v) is 15.5. The van der Waals surface area contributed by atoms with Gasteiger partial charge in [0.2, 0.25) is 11.6 Å². The fraction of sp³-hybridized carbons (Fsp3) is 0.438. The molecule has 0 aromatic heterocycles. The molecule has 0 spiro atoms. The lowest BCUT2D eigenvalue weighted by atomic mass is 9.80. The van der Waals surface area contributed by atoms with Crippen LogP contribution in [0.25, 0.3) is 0 Å². The van der Waals surface area contributed by atoms with Crippen molar-refractivity contribution in [2.75, 3.05) is 12.4 Å². The van der Waals surface area contributed by atoms with Crippen LogP contribution in [0.2, 0.25) is 0 Å². The summed E-state index contributed by atoms with van der Waals surface area (Å²) in [6.07, 6.45) is 0. The number of carbonyl (C=O) groups is 2. The number of hydrogen-bond donors (Lipinski definition) is 0. The van der Waals surface area contributed by atoms with Gasteiger partial charge in [0.05, 0.1) is 18.4 Å². The summed E-state index contributed by atoms with van der Waals surface area (Å²) in [4.78, 5) is 31.4. The molecule has 6 nitrogen and oxygen atoms in total. The maximum atomic E-state index is 12.7. The molecule has 126 valence electrons. The van der Waals surface area contributed by atoms with Crippen LogP contribution in [0.3, 0.4) is 0 Å². The largest absolute Gasteiger partial charge is 0.466 e. The van der Waals surface area contributed by atoms with Crippen LogP contribution in [0.15, 0.2) is 27.7 Å². The highest BCUT2D eigenvalue weighted by molar-refractivity contribution is 9.10. The molecule has 0 N–H and O–H groups in total. The first-order valence-electron chi connectivity index (χ1n) is 7.64. The van der Waals surface area contributed by atoms with Gasteiger partial charge >= 0.3 is 5.97 Å². The molecule has 1 amide bonds. The summed E-state index contributed by atoms with van der Waals surface area (Å²) in [6.45, 7) is 3.80. The summed E-state index contributed by atoms with van der Waals surface area (Å²) in [6, 6.07) is 5.13. The summed E-state index contributed by atoms with van der Waals surface area (Å²) < 4.78 is 12.2. The third kappa shape index (κ3) is 2.19. The molecule has 0 aliphatic carbocycles. The average Bonchev–Trinajstić information content (AvgIpc) is 2.87. The van der Waals surface area contributed by atoms with Crippen LogP contribution in [-0.2, 0) is 14.3 Å². The second kappa shape index (κ2) is 5.49.